The Morgan fingerprint density at radius 1 is 0.974 bits per heavy atom. The minimum atomic E-state index is -3.66. The van der Waals surface area contributed by atoms with Crippen LogP contribution in [0.2, 0.25) is 0 Å². The van der Waals surface area contributed by atoms with E-state index < -0.39 is 15.6 Å². The molecule has 0 unspecified atom stereocenters. The van der Waals surface area contributed by atoms with Gasteiger partial charge in [-0.2, -0.15) is 9.57 Å². The van der Waals surface area contributed by atoms with E-state index in [9.17, 15) is 18.0 Å². The number of rotatable bonds is 7. The first-order chi connectivity index (χ1) is 18.7. The SMILES string of the molecule is CCCn1c(=O)n(C)c(=O)c2[nH]c(-c3ccc(S(=O)(=O)N4CCN(Cc5ccc(C#N)cc5)CC4)cc3)cc21. The molecule has 0 atom stereocenters. The number of benzene rings is 2. The lowest BCUT2D eigenvalue weighted by molar-refractivity contribution is 0.181. The second kappa shape index (κ2) is 10.6. The number of hydrogen-bond acceptors (Lipinski definition) is 6. The van der Waals surface area contributed by atoms with Gasteiger partial charge in [0.2, 0.25) is 10.0 Å². The molecule has 0 radical (unpaired) electrons. The summed E-state index contributed by atoms with van der Waals surface area (Å²) < 4.78 is 30.9. The third-order valence-corrected chi connectivity index (χ3v) is 9.11. The van der Waals surface area contributed by atoms with Gasteiger partial charge in [0.1, 0.15) is 5.52 Å². The molecule has 11 heteroatoms. The van der Waals surface area contributed by atoms with Crippen LogP contribution in [0.5, 0.6) is 0 Å². The minimum Gasteiger partial charge on any atom is -0.349 e. The molecule has 4 aromatic rings. The number of sulfonamides is 1. The topological polar surface area (TPSA) is 124 Å². The Balaban J connectivity index is 1.31. The zero-order chi connectivity index (χ0) is 27.7. The summed E-state index contributed by atoms with van der Waals surface area (Å²) in [4.78, 5) is 30.8. The molecule has 1 saturated heterocycles. The lowest BCUT2D eigenvalue weighted by Gasteiger charge is -2.34. The highest BCUT2D eigenvalue weighted by Gasteiger charge is 2.28. The highest BCUT2D eigenvalue weighted by molar-refractivity contribution is 7.89. The first-order valence-electron chi connectivity index (χ1n) is 12.9. The van der Waals surface area contributed by atoms with E-state index >= 15 is 0 Å². The van der Waals surface area contributed by atoms with E-state index in [1.54, 1.807) is 47.0 Å². The third kappa shape index (κ3) is 5.06. The molecule has 1 fully saturated rings. The summed E-state index contributed by atoms with van der Waals surface area (Å²) in [5, 5.41) is 8.96. The summed E-state index contributed by atoms with van der Waals surface area (Å²) in [6, 6.07) is 17.9. The minimum absolute atomic E-state index is 0.210. The average molecular weight is 547 g/mol. The predicted octanol–water partition coefficient (Wildman–Crippen LogP) is 2.48. The van der Waals surface area contributed by atoms with Crippen LogP contribution in [0.25, 0.3) is 22.3 Å². The van der Waals surface area contributed by atoms with Crippen molar-refractivity contribution >= 4 is 21.1 Å². The molecule has 2 aromatic carbocycles. The molecule has 1 aliphatic rings. The van der Waals surface area contributed by atoms with Crippen LogP contribution in [0.4, 0.5) is 0 Å². The lowest BCUT2D eigenvalue weighted by atomic mass is 10.1. The molecule has 1 aliphatic heterocycles. The normalized spacial score (nSPS) is 15.0. The maximum absolute atomic E-state index is 13.3. The Kier molecular flexibility index (Phi) is 7.27. The largest absolute Gasteiger partial charge is 0.349 e. The Hall–Kier alpha value is -3.98. The summed E-state index contributed by atoms with van der Waals surface area (Å²) in [6.07, 6.45) is 0.740. The van der Waals surface area contributed by atoms with E-state index in [0.29, 0.717) is 61.6 Å². The molecule has 0 saturated carbocycles. The average Bonchev–Trinajstić information content (AvgIpc) is 3.40. The molecule has 5 rings (SSSR count). The fourth-order valence-electron chi connectivity index (χ4n) is 4.98. The van der Waals surface area contributed by atoms with E-state index in [4.69, 9.17) is 5.26 Å². The van der Waals surface area contributed by atoms with Crippen LogP contribution in [-0.4, -0.2) is 57.9 Å². The highest BCUT2D eigenvalue weighted by atomic mass is 32.2. The predicted molar refractivity (Wildman–Crippen MR) is 149 cm³/mol. The van der Waals surface area contributed by atoms with Crippen molar-refractivity contribution in [2.24, 2.45) is 7.05 Å². The monoisotopic (exact) mass is 546 g/mol. The Labute approximate surface area is 226 Å². The van der Waals surface area contributed by atoms with Crippen molar-refractivity contribution in [1.29, 1.82) is 5.26 Å². The maximum Gasteiger partial charge on any atom is 0.331 e. The van der Waals surface area contributed by atoms with Crippen molar-refractivity contribution < 1.29 is 8.42 Å². The van der Waals surface area contributed by atoms with Crippen LogP contribution in [0.1, 0.15) is 24.5 Å². The molecule has 0 bridgehead atoms. The number of nitriles is 1. The molecular weight excluding hydrogens is 516 g/mol. The highest BCUT2D eigenvalue weighted by Crippen LogP contribution is 2.25. The fraction of sp³-hybridized carbons (Fsp3) is 0.321. The number of aromatic amines is 1. The van der Waals surface area contributed by atoms with Crippen molar-refractivity contribution in [2.75, 3.05) is 26.2 Å². The summed E-state index contributed by atoms with van der Waals surface area (Å²) in [5.74, 6) is 0. The molecule has 2 aromatic heterocycles. The van der Waals surface area contributed by atoms with Gasteiger partial charge in [-0.3, -0.25) is 18.8 Å². The standard InChI is InChI=1S/C28H30N6O4S/c1-3-12-34-25-17-24(30-26(25)27(35)31(2)28(34)36)22-8-10-23(11-9-22)39(37,38)33-15-13-32(14-16-33)19-21-6-4-20(18-29)5-7-21/h4-11,17,30H,3,12-16,19H2,1-2H3. The van der Waals surface area contributed by atoms with Gasteiger partial charge in [-0.15, -0.1) is 0 Å². The van der Waals surface area contributed by atoms with Gasteiger partial charge >= 0.3 is 5.69 Å². The quantitative estimate of drug-likeness (QED) is 0.380. The molecule has 10 nitrogen and oxygen atoms in total. The lowest BCUT2D eigenvalue weighted by Crippen LogP contribution is -2.48. The molecule has 0 spiro atoms. The first-order valence-corrected chi connectivity index (χ1v) is 14.3. The van der Waals surface area contributed by atoms with Gasteiger partial charge < -0.3 is 4.98 Å². The maximum atomic E-state index is 13.3. The number of H-pyrrole nitrogens is 1. The van der Waals surface area contributed by atoms with Crippen LogP contribution < -0.4 is 11.2 Å². The van der Waals surface area contributed by atoms with Crippen LogP contribution in [0, 0.1) is 11.3 Å². The zero-order valence-electron chi connectivity index (χ0n) is 21.9. The van der Waals surface area contributed by atoms with Crippen molar-refractivity contribution in [3.8, 4) is 17.3 Å². The van der Waals surface area contributed by atoms with Gasteiger partial charge in [0.05, 0.1) is 22.0 Å². The van der Waals surface area contributed by atoms with Crippen LogP contribution in [0.3, 0.4) is 0 Å². The van der Waals surface area contributed by atoms with E-state index in [2.05, 4.69) is 16.0 Å². The summed E-state index contributed by atoms with van der Waals surface area (Å²) in [7, 11) is -2.20. The molecule has 0 aliphatic carbocycles. The Bertz CT molecular complexity index is 1770. The molecular formula is C28H30N6O4S. The molecule has 39 heavy (non-hydrogen) atoms. The van der Waals surface area contributed by atoms with E-state index in [1.807, 2.05) is 19.1 Å². The first kappa shape index (κ1) is 26.6. The number of nitrogens with zero attached hydrogens (tertiary/aromatic N) is 5. The molecule has 202 valence electrons. The van der Waals surface area contributed by atoms with Crippen molar-refractivity contribution in [3.63, 3.8) is 0 Å². The summed E-state index contributed by atoms with van der Waals surface area (Å²) in [5.41, 5.74) is 3.18. The van der Waals surface area contributed by atoms with Gasteiger partial charge in [-0.05, 0) is 47.9 Å². The smallest absolute Gasteiger partial charge is 0.331 e. The number of nitrogens with one attached hydrogen (secondary N) is 1. The van der Waals surface area contributed by atoms with Crippen LogP contribution in [0.15, 0.2) is 69.1 Å². The summed E-state index contributed by atoms with van der Waals surface area (Å²) in [6.45, 7) is 5.15. The van der Waals surface area contributed by atoms with Crippen LogP contribution >= 0.6 is 0 Å². The van der Waals surface area contributed by atoms with E-state index in [1.165, 1.54) is 11.4 Å². The third-order valence-electron chi connectivity index (χ3n) is 7.19. The van der Waals surface area contributed by atoms with Gasteiger partial charge in [0.15, 0.2) is 0 Å². The zero-order valence-corrected chi connectivity index (χ0v) is 22.7. The van der Waals surface area contributed by atoms with Gasteiger partial charge in [-0.1, -0.05) is 31.2 Å². The van der Waals surface area contributed by atoms with Crippen molar-refractivity contribution in [3.05, 3.63) is 86.6 Å². The van der Waals surface area contributed by atoms with Gasteiger partial charge in [0, 0.05) is 52.0 Å². The van der Waals surface area contributed by atoms with Crippen molar-refractivity contribution in [1.82, 2.24) is 23.3 Å². The number of hydrogen-bond donors (Lipinski definition) is 1. The van der Waals surface area contributed by atoms with Gasteiger partial charge in [-0.25, -0.2) is 13.2 Å². The number of aryl methyl sites for hydroxylation is 1. The Morgan fingerprint density at radius 3 is 2.26 bits per heavy atom. The second-order valence-electron chi connectivity index (χ2n) is 9.75. The molecule has 0 amide bonds. The molecule has 3 heterocycles. The fourth-order valence-corrected chi connectivity index (χ4v) is 6.40. The van der Waals surface area contributed by atoms with Crippen LogP contribution in [-0.2, 0) is 30.2 Å². The Morgan fingerprint density at radius 2 is 1.64 bits per heavy atom. The van der Waals surface area contributed by atoms with Gasteiger partial charge in [0.25, 0.3) is 5.56 Å². The van der Waals surface area contributed by atoms with Crippen molar-refractivity contribution in [2.45, 2.75) is 31.3 Å². The number of fused-ring (bicyclic) bond motifs is 1. The van der Waals surface area contributed by atoms with E-state index in [-0.39, 0.29) is 10.6 Å². The number of aromatic nitrogens is 3. The number of piperazine rings is 1. The molecule has 1 N–H and O–H groups in total. The summed E-state index contributed by atoms with van der Waals surface area (Å²) >= 11 is 0. The van der Waals surface area contributed by atoms with E-state index in [0.717, 1.165) is 22.1 Å². The second-order valence-corrected chi connectivity index (χ2v) is 11.7.